The zero-order valence-corrected chi connectivity index (χ0v) is 14.3. The molecule has 0 saturated heterocycles. The molecule has 2 aromatic heterocycles. The number of benzene rings is 2. The van der Waals surface area contributed by atoms with Gasteiger partial charge in [0.25, 0.3) is 5.91 Å². The third-order valence-electron chi connectivity index (χ3n) is 4.41. The van der Waals surface area contributed by atoms with E-state index in [-0.39, 0.29) is 5.91 Å². The number of hydrogen-bond acceptors (Lipinski definition) is 4. The van der Waals surface area contributed by atoms with Crippen LogP contribution < -0.4 is 5.32 Å². The smallest absolute Gasteiger partial charge is 0.252 e. The van der Waals surface area contributed by atoms with Gasteiger partial charge in [0.05, 0.1) is 24.6 Å². The average Bonchev–Trinajstić information content (AvgIpc) is 3.10. The Balaban J connectivity index is 1.70. The lowest BCUT2D eigenvalue weighted by atomic mass is 9.96. The normalized spacial score (nSPS) is 10.8. The Morgan fingerprint density at radius 2 is 1.85 bits per heavy atom. The fourth-order valence-corrected chi connectivity index (χ4v) is 3.05. The molecule has 0 bridgehead atoms. The third kappa shape index (κ3) is 2.93. The van der Waals surface area contributed by atoms with Crippen LogP contribution in [0.3, 0.4) is 0 Å². The number of rotatable bonds is 4. The summed E-state index contributed by atoms with van der Waals surface area (Å²) >= 11 is 0. The number of aryl methyl sites for hydroxylation is 1. The van der Waals surface area contributed by atoms with Crippen LogP contribution in [-0.4, -0.2) is 25.9 Å². The fraction of sp³-hybridized carbons (Fsp3) is 0.100. The molecule has 1 amide bonds. The summed E-state index contributed by atoms with van der Waals surface area (Å²) in [5.41, 5.74) is 3.59. The standard InChI is InChI=1S/C20H17N5O/c1-25-15(9-11-24-25)13-21-20(26)19-7-3-5-17-16(4-2-6-18(17)19)14-8-10-22-23-12-14/h2-12H,13H2,1H3,(H,21,26). The summed E-state index contributed by atoms with van der Waals surface area (Å²) in [4.78, 5) is 12.7. The first-order valence-electron chi connectivity index (χ1n) is 8.28. The van der Waals surface area contributed by atoms with Crippen LogP contribution in [0.1, 0.15) is 16.1 Å². The second-order valence-corrected chi connectivity index (χ2v) is 5.97. The van der Waals surface area contributed by atoms with Crippen molar-refractivity contribution >= 4 is 16.7 Å². The third-order valence-corrected chi connectivity index (χ3v) is 4.41. The zero-order chi connectivity index (χ0) is 17.9. The molecule has 4 aromatic rings. The summed E-state index contributed by atoms with van der Waals surface area (Å²) < 4.78 is 1.75. The van der Waals surface area contributed by atoms with Crippen molar-refractivity contribution < 1.29 is 4.79 Å². The van der Waals surface area contributed by atoms with Crippen molar-refractivity contribution in [2.75, 3.05) is 0 Å². The van der Waals surface area contributed by atoms with Crippen LogP contribution in [0, 0.1) is 0 Å². The summed E-state index contributed by atoms with van der Waals surface area (Å²) in [5, 5.41) is 16.8. The molecule has 6 heteroatoms. The van der Waals surface area contributed by atoms with Crippen LogP contribution >= 0.6 is 0 Å². The molecule has 4 rings (SSSR count). The molecule has 0 unspecified atom stereocenters. The van der Waals surface area contributed by atoms with E-state index in [0.717, 1.165) is 27.6 Å². The van der Waals surface area contributed by atoms with E-state index in [1.807, 2.05) is 55.6 Å². The Morgan fingerprint density at radius 1 is 1.00 bits per heavy atom. The van der Waals surface area contributed by atoms with Crippen LogP contribution in [-0.2, 0) is 13.6 Å². The molecular formula is C20H17N5O. The number of nitrogens with zero attached hydrogens (tertiary/aromatic N) is 4. The Hall–Kier alpha value is -3.54. The number of carbonyl (C=O) groups is 1. The Labute approximate surface area is 150 Å². The van der Waals surface area contributed by atoms with Crippen molar-refractivity contribution in [2.24, 2.45) is 7.05 Å². The Bertz CT molecular complexity index is 1070. The number of hydrogen-bond donors (Lipinski definition) is 1. The van der Waals surface area contributed by atoms with Crippen LogP contribution in [0.5, 0.6) is 0 Å². The van der Waals surface area contributed by atoms with Gasteiger partial charge in [0.2, 0.25) is 0 Å². The number of amides is 1. The minimum atomic E-state index is -0.109. The molecule has 0 saturated carbocycles. The fourth-order valence-electron chi connectivity index (χ4n) is 3.05. The van der Waals surface area contributed by atoms with Gasteiger partial charge in [0.15, 0.2) is 0 Å². The first kappa shape index (κ1) is 16.0. The second-order valence-electron chi connectivity index (χ2n) is 5.97. The van der Waals surface area contributed by atoms with Crippen LogP contribution in [0.2, 0.25) is 0 Å². The van der Waals surface area contributed by atoms with E-state index in [1.54, 1.807) is 23.3 Å². The predicted octanol–water partition coefficient (Wildman–Crippen LogP) is 2.96. The first-order chi connectivity index (χ1) is 12.7. The van der Waals surface area contributed by atoms with Gasteiger partial charge in [-0.3, -0.25) is 9.48 Å². The molecule has 0 radical (unpaired) electrons. The van der Waals surface area contributed by atoms with Crippen molar-refractivity contribution in [3.63, 3.8) is 0 Å². The largest absolute Gasteiger partial charge is 0.346 e. The van der Waals surface area contributed by atoms with E-state index in [0.29, 0.717) is 12.1 Å². The lowest BCUT2D eigenvalue weighted by Gasteiger charge is -2.11. The summed E-state index contributed by atoms with van der Waals surface area (Å²) in [6, 6.07) is 15.5. The molecule has 0 aliphatic rings. The molecule has 2 aromatic carbocycles. The van der Waals surface area contributed by atoms with Gasteiger partial charge >= 0.3 is 0 Å². The van der Waals surface area contributed by atoms with Crippen molar-refractivity contribution in [1.29, 1.82) is 0 Å². The predicted molar refractivity (Wildman–Crippen MR) is 99.4 cm³/mol. The minimum Gasteiger partial charge on any atom is -0.346 e. The first-order valence-corrected chi connectivity index (χ1v) is 8.28. The highest BCUT2D eigenvalue weighted by molar-refractivity contribution is 6.10. The number of nitrogens with one attached hydrogen (secondary N) is 1. The lowest BCUT2D eigenvalue weighted by Crippen LogP contribution is -2.24. The van der Waals surface area contributed by atoms with Crippen LogP contribution in [0.15, 0.2) is 67.1 Å². The van der Waals surface area contributed by atoms with Crippen molar-refractivity contribution in [3.05, 3.63) is 78.4 Å². The molecule has 0 atom stereocenters. The van der Waals surface area contributed by atoms with E-state index in [4.69, 9.17) is 0 Å². The molecule has 0 spiro atoms. The molecule has 26 heavy (non-hydrogen) atoms. The van der Waals surface area contributed by atoms with Crippen molar-refractivity contribution in [3.8, 4) is 11.1 Å². The van der Waals surface area contributed by atoms with Crippen molar-refractivity contribution in [1.82, 2.24) is 25.3 Å². The summed E-state index contributed by atoms with van der Waals surface area (Å²) in [7, 11) is 1.86. The number of fused-ring (bicyclic) bond motifs is 1. The van der Waals surface area contributed by atoms with E-state index < -0.39 is 0 Å². The van der Waals surface area contributed by atoms with Crippen LogP contribution in [0.4, 0.5) is 0 Å². The van der Waals surface area contributed by atoms with Gasteiger partial charge in [-0.05, 0) is 34.5 Å². The molecule has 1 N–H and O–H groups in total. The molecule has 2 heterocycles. The highest BCUT2D eigenvalue weighted by Crippen LogP contribution is 2.29. The van der Waals surface area contributed by atoms with E-state index in [2.05, 4.69) is 20.6 Å². The quantitative estimate of drug-likeness (QED) is 0.618. The van der Waals surface area contributed by atoms with Gasteiger partial charge in [0.1, 0.15) is 0 Å². The van der Waals surface area contributed by atoms with Gasteiger partial charge < -0.3 is 5.32 Å². The van der Waals surface area contributed by atoms with Crippen LogP contribution in [0.25, 0.3) is 21.9 Å². The maximum atomic E-state index is 12.7. The molecule has 0 fully saturated rings. The topological polar surface area (TPSA) is 72.7 Å². The minimum absolute atomic E-state index is 0.109. The van der Waals surface area contributed by atoms with E-state index in [9.17, 15) is 4.79 Å². The Morgan fingerprint density at radius 3 is 2.62 bits per heavy atom. The molecule has 0 aliphatic carbocycles. The second kappa shape index (κ2) is 6.76. The van der Waals surface area contributed by atoms with Gasteiger partial charge in [-0.15, -0.1) is 0 Å². The molecule has 0 aliphatic heterocycles. The SMILES string of the molecule is Cn1nccc1CNC(=O)c1cccc2c(-c3ccnnc3)cccc12. The number of carbonyl (C=O) groups excluding carboxylic acids is 1. The van der Waals surface area contributed by atoms with E-state index in [1.165, 1.54) is 0 Å². The monoisotopic (exact) mass is 343 g/mol. The highest BCUT2D eigenvalue weighted by Gasteiger charge is 2.13. The Kier molecular flexibility index (Phi) is 4.15. The maximum absolute atomic E-state index is 12.7. The summed E-state index contributed by atoms with van der Waals surface area (Å²) in [5.74, 6) is -0.109. The van der Waals surface area contributed by atoms with Crippen molar-refractivity contribution in [2.45, 2.75) is 6.54 Å². The zero-order valence-electron chi connectivity index (χ0n) is 14.3. The summed E-state index contributed by atoms with van der Waals surface area (Å²) in [6.45, 7) is 0.430. The van der Waals surface area contributed by atoms with Gasteiger partial charge in [-0.25, -0.2) is 0 Å². The molecule has 128 valence electrons. The van der Waals surface area contributed by atoms with Gasteiger partial charge in [0, 0.05) is 24.4 Å². The van der Waals surface area contributed by atoms with E-state index >= 15 is 0 Å². The van der Waals surface area contributed by atoms with Gasteiger partial charge in [-0.1, -0.05) is 30.3 Å². The molecule has 6 nitrogen and oxygen atoms in total. The average molecular weight is 343 g/mol. The van der Waals surface area contributed by atoms with Gasteiger partial charge in [-0.2, -0.15) is 15.3 Å². The summed E-state index contributed by atoms with van der Waals surface area (Å²) in [6.07, 6.45) is 5.11. The lowest BCUT2D eigenvalue weighted by molar-refractivity contribution is 0.0951. The highest BCUT2D eigenvalue weighted by atomic mass is 16.1. The number of aromatic nitrogens is 4. The molecular weight excluding hydrogens is 326 g/mol. The maximum Gasteiger partial charge on any atom is 0.252 e.